The molecule has 7 nitrogen and oxygen atoms in total. The highest BCUT2D eigenvalue weighted by molar-refractivity contribution is 7.89. The molecule has 1 amide bonds. The molecule has 0 radical (unpaired) electrons. The second-order valence-electron chi connectivity index (χ2n) is 6.88. The predicted octanol–water partition coefficient (Wildman–Crippen LogP) is 2.84. The van der Waals surface area contributed by atoms with Crippen LogP contribution in [0, 0.1) is 6.92 Å². The number of nitrogens with zero attached hydrogens (tertiary/aromatic N) is 2. The van der Waals surface area contributed by atoms with Crippen LogP contribution < -0.4 is 0 Å². The fourth-order valence-corrected chi connectivity index (χ4v) is 4.68. The monoisotopic (exact) mass is 432 g/mol. The minimum Gasteiger partial charge on any atom is -0.452 e. The number of benzene rings is 2. The van der Waals surface area contributed by atoms with Gasteiger partial charge in [0, 0.05) is 26.7 Å². The lowest BCUT2D eigenvalue weighted by atomic mass is 10.1. The first-order valence-electron chi connectivity index (χ1n) is 9.76. The molecule has 2 rings (SSSR count). The Morgan fingerprint density at radius 2 is 1.63 bits per heavy atom. The van der Waals surface area contributed by atoms with Gasteiger partial charge >= 0.3 is 5.97 Å². The molecule has 0 aliphatic carbocycles. The van der Waals surface area contributed by atoms with Crippen molar-refractivity contribution in [1.29, 1.82) is 0 Å². The standard InChI is InChI=1S/C22H28N2O5S/c1-5-24(6-2)30(27,28)20-14-19(13-12-17(20)3)22(26)29-16-21(25)23(4)15-18-10-8-7-9-11-18/h7-14H,5-6,15-16H2,1-4H3. The van der Waals surface area contributed by atoms with Crippen molar-refractivity contribution < 1.29 is 22.7 Å². The first-order chi connectivity index (χ1) is 14.2. The lowest BCUT2D eigenvalue weighted by Gasteiger charge is -2.20. The Morgan fingerprint density at radius 3 is 2.23 bits per heavy atom. The summed E-state index contributed by atoms with van der Waals surface area (Å²) in [5, 5.41) is 0. The van der Waals surface area contributed by atoms with Crippen molar-refractivity contribution in [3.63, 3.8) is 0 Å². The van der Waals surface area contributed by atoms with Gasteiger partial charge in [0.25, 0.3) is 5.91 Å². The number of esters is 1. The van der Waals surface area contributed by atoms with Crippen LogP contribution in [-0.2, 0) is 26.1 Å². The molecule has 0 saturated carbocycles. The van der Waals surface area contributed by atoms with Gasteiger partial charge in [-0.15, -0.1) is 0 Å². The summed E-state index contributed by atoms with van der Waals surface area (Å²) in [7, 11) is -2.09. The molecule has 30 heavy (non-hydrogen) atoms. The van der Waals surface area contributed by atoms with Gasteiger partial charge in [0.05, 0.1) is 10.5 Å². The van der Waals surface area contributed by atoms with Crippen LogP contribution in [0.15, 0.2) is 53.4 Å². The molecule has 0 saturated heterocycles. The maximum absolute atomic E-state index is 12.8. The van der Waals surface area contributed by atoms with E-state index in [1.165, 1.54) is 21.3 Å². The summed E-state index contributed by atoms with van der Waals surface area (Å²) in [5.74, 6) is -1.09. The fourth-order valence-electron chi connectivity index (χ4n) is 2.97. The SMILES string of the molecule is CCN(CC)S(=O)(=O)c1cc(C(=O)OCC(=O)N(C)Cc2ccccc2)ccc1C. The van der Waals surface area contributed by atoms with E-state index in [4.69, 9.17) is 4.74 Å². The summed E-state index contributed by atoms with van der Waals surface area (Å²) in [6, 6.07) is 13.8. The van der Waals surface area contributed by atoms with Crippen molar-refractivity contribution in [1.82, 2.24) is 9.21 Å². The molecular formula is C22H28N2O5S. The molecule has 0 unspecified atom stereocenters. The van der Waals surface area contributed by atoms with E-state index in [9.17, 15) is 18.0 Å². The third-order valence-electron chi connectivity index (χ3n) is 4.76. The number of amides is 1. The number of aryl methyl sites for hydroxylation is 1. The smallest absolute Gasteiger partial charge is 0.338 e. The van der Waals surface area contributed by atoms with Crippen molar-refractivity contribution >= 4 is 21.9 Å². The van der Waals surface area contributed by atoms with Gasteiger partial charge in [-0.1, -0.05) is 50.2 Å². The van der Waals surface area contributed by atoms with Crippen molar-refractivity contribution in [2.75, 3.05) is 26.7 Å². The van der Waals surface area contributed by atoms with E-state index >= 15 is 0 Å². The zero-order chi connectivity index (χ0) is 22.3. The zero-order valence-electron chi connectivity index (χ0n) is 17.8. The topological polar surface area (TPSA) is 84.0 Å². The molecule has 0 aliphatic heterocycles. The molecule has 0 heterocycles. The molecular weight excluding hydrogens is 404 g/mol. The number of carbonyl (C=O) groups excluding carboxylic acids is 2. The third-order valence-corrected chi connectivity index (χ3v) is 6.95. The Kier molecular flexibility index (Phi) is 8.14. The largest absolute Gasteiger partial charge is 0.452 e. The molecule has 2 aromatic carbocycles. The highest BCUT2D eigenvalue weighted by atomic mass is 32.2. The van der Waals surface area contributed by atoms with Gasteiger partial charge in [0.15, 0.2) is 6.61 Å². The Labute approximate surface area is 178 Å². The molecule has 0 bridgehead atoms. The van der Waals surface area contributed by atoms with E-state index in [1.807, 2.05) is 30.3 Å². The van der Waals surface area contributed by atoms with Crippen LogP contribution >= 0.6 is 0 Å². The fraction of sp³-hybridized carbons (Fsp3) is 0.364. The summed E-state index contributed by atoms with van der Waals surface area (Å²) in [6.45, 7) is 5.82. The van der Waals surface area contributed by atoms with Gasteiger partial charge in [-0.05, 0) is 30.2 Å². The van der Waals surface area contributed by atoms with Gasteiger partial charge in [0.2, 0.25) is 10.0 Å². The van der Waals surface area contributed by atoms with Crippen LogP contribution in [0.5, 0.6) is 0 Å². The minimum atomic E-state index is -3.72. The van der Waals surface area contributed by atoms with Crippen molar-refractivity contribution in [2.24, 2.45) is 0 Å². The molecule has 0 N–H and O–H groups in total. The second-order valence-corrected chi connectivity index (χ2v) is 8.79. The van der Waals surface area contributed by atoms with Crippen molar-refractivity contribution in [3.05, 3.63) is 65.2 Å². The molecule has 0 fully saturated rings. The van der Waals surface area contributed by atoms with E-state index in [0.717, 1.165) is 5.56 Å². The summed E-state index contributed by atoms with van der Waals surface area (Å²) in [5.41, 5.74) is 1.59. The Bertz CT molecular complexity index is 986. The number of hydrogen-bond acceptors (Lipinski definition) is 5. The molecule has 0 aromatic heterocycles. The predicted molar refractivity (Wildman–Crippen MR) is 114 cm³/mol. The van der Waals surface area contributed by atoms with Gasteiger partial charge in [-0.3, -0.25) is 4.79 Å². The van der Waals surface area contributed by atoms with Crippen LogP contribution in [0.1, 0.15) is 35.3 Å². The second kappa shape index (κ2) is 10.4. The zero-order valence-corrected chi connectivity index (χ0v) is 18.6. The lowest BCUT2D eigenvalue weighted by Crippen LogP contribution is -2.31. The Morgan fingerprint density at radius 1 is 1.00 bits per heavy atom. The number of hydrogen-bond donors (Lipinski definition) is 0. The highest BCUT2D eigenvalue weighted by Gasteiger charge is 2.25. The first kappa shape index (κ1) is 23.6. The molecule has 162 valence electrons. The third kappa shape index (κ3) is 5.67. The van der Waals surface area contributed by atoms with Crippen molar-refractivity contribution in [2.45, 2.75) is 32.2 Å². The lowest BCUT2D eigenvalue weighted by molar-refractivity contribution is -0.133. The maximum Gasteiger partial charge on any atom is 0.338 e. The molecule has 8 heteroatoms. The number of carbonyl (C=O) groups is 2. The Balaban J connectivity index is 2.08. The van der Waals surface area contributed by atoms with E-state index < -0.39 is 22.6 Å². The van der Waals surface area contributed by atoms with E-state index in [-0.39, 0.29) is 16.4 Å². The van der Waals surface area contributed by atoms with E-state index in [1.54, 1.807) is 33.9 Å². The van der Waals surface area contributed by atoms with Crippen LogP contribution in [-0.4, -0.2) is 56.2 Å². The summed E-state index contributed by atoms with van der Waals surface area (Å²) in [6.07, 6.45) is 0. The van der Waals surface area contributed by atoms with Gasteiger partial charge in [-0.2, -0.15) is 4.31 Å². The summed E-state index contributed by atoms with van der Waals surface area (Å²) >= 11 is 0. The quantitative estimate of drug-likeness (QED) is 0.569. The molecule has 0 aliphatic rings. The number of likely N-dealkylation sites (N-methyl/N-ethyl adjacent to an activating group) is 1. The number of ether oxygens (including phenoxy) is 1. The average Bonchev–Trinajstić information content (AvgIpc) is 2.73. The van der Waals surface area contributed by atoms with Crippen molar-refractivity contribution in [3.8, 4) is 0 Å². The number of sulfonamides is 1. The highest BCUT2D eigenvalue weighted by Crippen LogP contribution is 2.22. The van der Waals surface area contributed by atoms with Gasteiger partial charge in [-0.25, -0.2) is 13.2 Å². The minimum absolute atomic E-state index is 0.0631. The van der Waals surface area contributed by atoms with E-state index in [0.29, 0.717) is 25.2 Å². The number of rotatable bonds is 9. The van der Waals surface area contributed by atoms with Crippen LogP contribution in [0.2, 0.25) is 0 Å². The van der Waals surface area contributed by atoms with Gasteiger partial charge < -0.3 is 9.64 Å². The Hall–Kier alpha value is -2.71. The van der Waals surface area contributed by atoms with Crippen LogP contribution in [0.3, 0.4) is 0 Å². The summed E-state index contributed by atoms with van der Waals surface area (Å²) < 4.78 is 32.1. The molecule has 0 spiro atoms. The first-order valence-corrected chi connectivity index (χ1v) is 11.2. The molecule has 0 atom stereocenters. The normalized spacial score (nSPS) is 11.4. The van der Waals surface area contributed by atoms with Crippen LogP contribution in [0.25, 0.3) is 0 Å². The maximum atomic E-state index is 12.8. The summed E-state index contributed by atoms with van der Waals surface area (Å²) in [4.78, 5) is 26.2. The molecule has 2 aromatic rings. The van der Waals surface area contributed by atoms with E-state index in [2.05, 4.69) is 0 Å². The average molecular weight is 433 g/mol. The van der Waals surface area contributed by atoms with Crippen LogP contribution in [0.4, 0.5) is 0 Å². The van der Waals surface area contributed by atoms with Gasteiger partial charge in [0.1, 0.15) is 0 Å².